The van der Waals surface area contributed by atoms with Crippen LogP contribution in [0.25, 0.3) is 0 Å². The molecule has 6 nitrogen and oxygen atoms in total. The van der Waals surface area contributed by atoms with E-state index in [2.05, 4.69) is 5.10 Å². The fourth-order valence-corrected chi connectivity index (χ4v) is 2.66. The number of aromatic nitrogens is 2. The van der Waals surface area contributed by atoms with Gasteiger partial charge in [-0.1, -0.05) is 6.42 Å². The highest BCUT2D eigenvalue weighted by Crippen LogP contribution is 2.34. The molecule has 1 atom stereocenters. The molecule has 1 aliphatic rings. The molecule has 1 unspecified atom stereocenters. The van der Waals surface area contributed by atoms with Crippen molar-refractivity contribution in [2.24, 2.45) is 11.8 Å². The minimum atomic E-state index is -3.28. The van der Waals surface area contributed by atoms with Crippen molar-refractivity contribution in [2.75, 3.05) is 6.26 Å². The van der Waals surface area contributed by atoms with E-state index in [4.69, 9.17) is 0 Å². The molecule has 1 aromatic rings. The number of carboxylic acid groups (broad SMARTS) is 1. The number of hydrogen-bond acceptors (Lipinski definition) is 4. The molecule has 100 valence electrons. The van der Waals surface area contributed by atoms with Crippen LogP contribution in [0, 0.1) is 11.8 Å². The van der Waals surface area contributed by atoms with Gasteiger partial charge >= 0.3 is 5.97 Å². The lowest BCUT2D eigenvalue weighted by atomic mass is 9.76. The van der Waals surface area contributed by atoms with Crippen molar-refractivity contribution in [3.8, 4) is 0 Å². The van der Waals surface area contributed by atoms with E-state index in [1.807, 2.05) is 0 Å². The second-order valence-corrected chi connectivity index (χ2v) is 6.82. The van der Waals surface area contributed by atoms with E-state index in [9.17, 15) is 18.3 Å². The third-order valence-electron chi connectivity index (χ3n) is 3.46. The Bertz CT molecular complexity index is 545. The van der Waals surface area contributed by atoms with Crippen LogP contribution < -0.4 is 0 Å². The molecule has 0 bridgehead atoms. The Morgan fingerprint density at radius 3 is 2.67 bits per heavy atom. The molecular formula is C11H16N2O4S. The molecule has 0 aliphatic heterocycles. The summed E-state index contributed by atoms with van der Waals surface area (Å²) in [5.74, 6) is -1.13. The smallest absolute Gasteiger partial charge is 0.308 e. The molecule has 2 rings (SSSR count). The van der Waals surface area contributed by atoms with Crippen LogP contribution in [0.2, 0.25) is 0 Å². The molecule has 0 radical (unpaired) electrons. The first-order chi connectivity index (χ1) is 8.38. The van der Waals surface area contributed by atoms with Gasteiger partial charge in [0, 0.05) is 12.5 Å². The second kappa shape index (κ2) is 4.72. The van der Waals surface area contributed by atoms with E-state index in [1.54, 1.807) is 0 Å². The summed E-state index contributed by atoms with van der Waals surface area (Å²) in [5, 5.41) is 13.1. The quantitative estimate of drug-likeness (QED) is 0.855. The van der Waals surface area contributed by atoms with Crippen LogP contribution in [0.4, 0.5) is 0 Å². The van der Waals surface area contributed by atoms with Crippen molar-refractivity contribution in [1.29, 1.82) is 0 Å². The number of nitrogens with zero attached hydrogens (tertiary/aromatic N) is 2. The first-order valence-electron chi connectivity index (χ1n) is 5.83. The van der Waals surface area contributed by atoms with Crippen LogP contribution >= 0.6 is 0 Å². The number of carbonyl (C=O) groups is 1. The molecule has 1 aliphatic carbocycles. The predicted molar refractivity (Wildman–Crippen MR) is 63.8 cm³/mol. The maximum atomic E-state index is 11.3. The summed E-state index contributed by atoms with van der Waals surface area (Å²) in [5.41, 5.74) is 0. The maximum Gasteiger partial charge on any atom is 0.308 e. The number of hydrogen-bond donors (Lipinski definition) is 1. The topological polar surface area (TPSA) is 89.3 Å². The van der Waals surface area contributed by atoms with Gasteiger partial charge in [0.15, 0.2) is 9.84 Å². The van der Waals surface area contributed by atoms with Crippen LogP contribution in [-0.2, 0) is 21.2 Å². The minimum Gasteiger partial charge on any atom is -0.481 e. The van der Waals surface area contributed by atoms with Crippen LogP contribution in [-0.4, -0.2) is 35.5 Å². The third kappa shape index (κ3) is 2.72. The average molecular weight is 272 g/mol. The molecule has 0 aromatic carbocycles. The third-order valence-corrected chi connectivity index (χ3v) is 4.52. The van der Waals surface area contributed by atoms with Crippen LogP contribution in [0.3, 0.4) is 0 Å². The summed E-state index contributed by atoms with van der Waals surface area (Å²) < 4.78 is 24.0. The highest BCUT2D eigenvalue weighted by molar-refractivity contribution is 7.90. The molecule has 0 amide bonds. The van der Waals surface area contributed by atoms with Crippen molar-refractivity contribution in [2.45, 2.75) is 30.7 Å². The number of sulfone groups is 1. The molecule has 1 saturated carbocycles. The molecule has 1 fully saturated rings. The average Bonchev–Trinajstić information content (AvgIpc) is 2.61. The van der Waals surface area contributed by atoms with Gasteiger partial charge in [-0.2, -0.15) is 5.10 Å². The molecular weight excluding hydrogens is 256 g/mol. The summed E-state index contributed by atoms with van der Waals surface area (Å²) in [7, 11) is -3.28. The summed E-state index contributed by atoms with van der Waals surface area (Å²) >= 11 is 0. The Labute approximate surface area is 106 Å². The number of carboxylic acids is 1. The van der Waals surface area contributed by atoms with E-state index in [-0.39, 0.29) is 17.4 Å². The molecule has 7 heteroatoms. The first kappa shape index (κ1) is 13.1. The van der Waals surface area contributed by atoms with Crippen molar-refractivity contribution in [3.05, 3.63) is 12.4 Å². The lowest BCUT2D eigenvalue weighted by Crippen LogP contribution is -2.32. The maximum absolute atomic E-state index is 11.3. The zero-order valence-electron chi connectivity index (χ0n) is 10.1. The van der Waals surface area contributed by atoms with Crippen LogP contribution in [0.15, 0.2) is 17.3 Å². The molecule has 0 spiro atoms. The monoisotopic (exact) mass is 272 g/mol. The molecule has 1 aromatic heterocycles. The summed E-state index contributed by atoms with van der Waals surface area (Å²) in [6.45, 7) is 0.232. The summed E-state index contributed by atoms with van der Waals surface area (Å²) in [6.07, 6.45) is 6.68. The molecule has 0 saturated heterocycles. The highest BCUT2D eigenvalue weighted by Gasteiger charge is 2.33. The zero-order valence-corrected chi connectivity index (χ0v) is 10.9. The minimum absolute atomic E-state index is 0.125. The Morgan fingerprint density at radius 2 is 2.28 bits per heavy atom. The summed E-state index contributed by atoms with van der Waals surface area (Å²) in [6, 6.07) is 0. The SMILES string of the molecule is CS(=O)(=O)c1cnn(CC(C(=O)O)C2CCC2)c1. The van der Waals surface area contributed by atoms with Gasteiger partial charge in [-0.15, -0.1) is 0 Å². The van der Waals surface area contributed by atoms with Gasteiger partial charge in [-0.05, 0) is 18.8 Å². The van der Waals surface area contributed by atoms with Gasteiger partial charge in [0.05, 0.1) is 18.7 Å². The molecule has 18 heavy (non-hydrogen) atoms. The van der Waals surface area contributed by atoms with Gasteiger partial charge in [-0.3, -0.25) is 9.48 Å². The predicted octanol–water partition coefficient (Wildman–Crippen LogP) is 0.787. The Balaban J connectivity index is 2.12. The van der Waals surface area contributed by atoms with Gasteiger partial charge in [0.1, 0.15) is 4.90 Å². The van der Waals surface area contributed by atoms with E-state index < -0.39 is 21.7 Å². The normalized spacial score (nSPS) is 18.3. The lowest BCUT2D eigenvalue weighted by Gasteiger charge is -2.30. The Hall–Kier alpha value is -1.37. The number of aliphatic carboxylic acids is 1. The Kier molecular flexibility index (Phi) is 3.43. The van der Waals surface area contributed by atoms with E-state index in [1.165, 1.54) is 17.1 Å². The van der Waals surface area contributed by atoms with Crippen molar-refractivity contribution in [3.63, 3.8) is 0 Å². The zero-order chi connectivity index (χ0) is 13.3. The fourth-order valence-electron chi connectivity index (χ4n) is 2.11. The number of rotatable bonds is 5. The van der Waals surface area contributed by atoms with Gasteiger partial charge in [0.25, 0.3) is 0 Å². The fraction of sp³-hybridized carbons (Fsp3) is 0.636. The first-order valence-corrected chi connectivity index (χ1v) is 7.72. The lowest BCUT2D eigenvalue weighted by molar-refractivity contribution is -0.145. The second-order valence-electron chi connectivity index (χ2n) is 4.81. The van der Waals surface area contributed by atoms with Gasteiger partial charge in [0.2, 0.25) is 0 Å². The van der Waals surface area contributed by atoms with Gasteiger partial charge in [-0.25, -0.2) is 8.42 Å². The van der Waals surface area contributed by atoms with Crippen molar-refractivity contribution in [1.82, 2.24) is 9.78 Å². The van der Waals surface area contributed by atoms with E-state index >= 15 is 0 Å². The highest BCUT2D eigenvalue weighted by atomic mass is 32.2. The van der Waals surface area contributed by atoms with Crippen molar-refractivity contribution < 1.29 is 18.3 Å². The largest absolute Gasteiger partial charge is 0.481 e. The molecule has 1 N–H and O–H groups in total. The van der Waals surface area contributed by atoms with Crippen molar-refractivity contribution >= 4 is 15.8 Å². The van der Waals surface area contributed by atoms with Gasteiger partial charge < -0.3 is 5.11 Å². The van der Waals surface area contributed by atoms with E-state index in [0.717, 1.165) is 25.5 Å². The van der Waals surface area contributed by atoms with Crippen LogP contribution in [0.1, 0.15) is 19.3 Å². The van der Waals surface area contributed by atoms with Crippen LogP contribution in [0.5, 0.6) is 0 Å². The summed E-state index contributed by atoms with van der Waals surface area (Å²) in [4.78, 5) is 11.3. The standard InChI is InChI=1S/C11H16N2O4S/c1-18(16,17)9-5-12-13(6-9)7-10(11(14)15)8-3-2-4-8/h5-6,8,10H,2-4,7H2,1H3,(H,14,15). The Morgan fingerprint density at radius 1 is 1.61 bits per heavy atom. The van der Waals surface area contributed by atoms with E-state index in [0.29, 0.717) is 0 Å². The molecule has 1 heterocycles.